The normalized spacial score (nSPS) is 11.8. The Balaban J connectivity index is 1.66. The lowest BCUT2D eigenvalue weighted by molar-refractivity contribution is -0.142. The first-order chi connectivity index (χ1) is 18.8. The standard InChI is InChI=1S/C32H32Cl2N2O3/c1-22(2)19-35-32(38)29(17-23-9-4-3-5-10-23)36(20-25-15-16-26(33)18-28(25)34)31(37)21-39-30-14-8-12-24-11-6-7-13-27(24)30/h3-16,18,22,29H,17,19-21H2,1-2H3,(H,35,38). The molecule has 0 saturated heterocycles. The van der Waals surface area contributed by atoms with Gasteiger partial charge in [0, 0.05) is 34.9 Å². The van der Waals surface area contributed by atoms with Crippen molar-refractivity contribution in [1.29, 1.82) is 0 Å². The Labute approximate surface area is 239 Å². The van der Waals surface area contributed by atoms with Gasteiger partial charge < -0.3 is 15.0 Å². The molecular weight excluding hydrogens is 531 g/mol. The van der Waals surface area contributed by atoms with E-state index in [0.717, 1.165) is 16.3 Å². The largest absolute Gasteiger partial charge is 0.483 e. The minimum atomic E-state index is -0.776. The molecule has 2 amide bonds. The molecule has 0 aromatic heterocycles. The van der Waals surface area contributed by atoms with E-state index in [2.05, 4.69) is 5.32 Å². The van der Waals surface area contributed by atoms with E-state index in [9.17, 15) is 9.59 Å². The van der Waals surface area contributed by atoms with Crippen LogP contribution in [0.25, 0.3) is 10.8 Å². The molecule has 0 radical (unpaired) electrons. The number of rotatable bonds is 11. The van der Waals surface area contributed by atoms with Crippen LogP contribution in [0.2, 0.25) is 10.0 Å². The van der Waals surface area contributed by atoms with Crippen LogP contribution < -0.4 is 10.1 Å². The summed E-state index contributed by atoms with van der Waals surface area (Å²) in [6.07, 6.45) is 0.343. The Bertz CT molecular complexity index is 1420. The van der Waals surface area contributed by atoms with Gasteiger partial charge in [0.1, 0.15) is 11.8 Å². The van der Waals surface area contributed by atoms with Gasteiger partial charge in [-0.2, -0.15) is 0 Å². The lowest BCUT2D eigenvalue weighted by Crippen LogP contribution is -2.52. The molecule has 4 aromatic carbocycles. The van der Waals surface area contributed by atoms with E-state index < -0.39 is 6.04 Å². The predicted molar refractivity (Wildman–Crippen MR) is 158 cm³/mol. The molecule has 7 heteroatoms. The Morgan fingerprint density at radius 2 is 1.62 bits per heavy atom. The molecule has 0 fully saturated rings. The molecule has 39 heavy (non-hydrogen) atoms. The van der Waals surface area contributed by atoms with E-state index in [0.29, 0.717) is 34.3 Å². The summed E-state index contributed by atoms with van der Waals surface area (Å²) >= 11 is 12.6. The summed E-state index contributed by atoms with van der Waals surface area (Å²) in [7, 11) is 0. The van der Waals surface area contributed by atoms with Gasteiger partial charge in [0.25, 0.3) is 5.91 Å². The zero-order chi connectivity index (χ0) is 27.8. The zero-order valence-corrected chi connectivity index (χ0v) is 23.6. The first-order valence-electron chi connectivity index (χ1n) is 13.0. The highest BCUT2D eigenvalue weighted by Gasteiger charge is 2.31. The second-order valence-corrected chi connectivity index (χ2v) is 10.7. The minimum Gasteiger partial charge on any atom is -0.483 e. The highest BCUT2D eigenvalue weighted by Crippen LogP contribution is 2.27. The Morgan fingerprint density at radius 3 is 2.36 bits per heavy atom. The number of halogens is 2. The Hall–Kier alpha value is -3.54. The monoisotopic (exact) mass is 562 g/mol. The first-order valence-corrected chi connectivity index (χ1v) is 13.7. The average molecular weight is 564 g/mol. The number of carbonyl (C=O) groups excluding carboxylic acids is 2. The smallest absolute Gasteiger partial charge is 0.261 e. The molecule has 1 unspecified atom stereocenters. The van der Waals surface area contributed by atoms with Crippen LogP contribution in [0.5, 0.6) is 5.75 Å². The van der Waals surface area contributed by atoms with Crippen molar-refractivity contribution in [3.05, 3.63) is 112 Å². The second kappa shape index (κ2) is 13.5. The summed E-state index contributed by atoms with van der Waals surface area (Å²) in [5, 5.41) is 5.87. The van der Waals surface area contributed by atoms with Gasteiger partial charge in [0.2, 0.25) is 5.91 Å². The minimum absolute atomic E-state index is 0.125. The van der Waals surface area contributed by atoms with Crippen LogP contribution >= 0.6 is 23.2 Å². The molecule has 0 aliphatic rings. The van der Waals surface area contributed by atoms with Crippen molar-refractivity contribution in [3.63, 3.8) is 0 Å². The van der Waals surface area contributed by atoms with E-state index in [1.165, 1.54) is 0 Å². The van der Waals surface area contributed by atoms with Crippen molar-refractivity contribution in [2.24, 2.45) is 5.92 Å². The highest BCUT2D eigenvalue weighted by atomic mass is 35.5. The number of nitrogens with zero attached hydrogens (tertiary/aromatic N) is 1. The maximum atomic E-state index is 13.9. The van der Waals surface area contributed by atoms with Gasteiger partial charge in [0.15, 0.2) is 6.61 Å². The summed E-state index contributed by atoms with van der Waals surface area (Å²) in [5.41, 5.74) is 1.63. The molecule has 202 valence electrons. The van der Waals surface area contributed by atoms with E-state index in [1.54, 1.807) is 23.1 Å². The summed E-state index contributed by atoms with van der Waals surface area (Å²) < 4.78 is 6.05. The van der Waals surface area contributed by atoms with Crippen molar-refractivity contribution in [2.45, 2.75) is 32.9 Å². The fraction of sp³-hybridized carbons (Fsp3) is 0.250. The number of benzene rings is 4. The average Bonchev–Trinajstić information content (AvgIpc) is 2.93. The molecule has 0 saturated carbocycles. The number of hydrogen-bond donors (Lipinski definition) is 1. The van der Waals surface area contributed by atoms with Gasteiger partial charge in [-0.3, -0.25) is 9.59 Å². The maximum absolute atomic E-state index is 13.9. The molecule has 0 heterocycles. The number of carbonyl (C=O) groups is 2. The van der Waals surface area contributed by atoms with Crippen LogP contribution in [0, 0.1) is 5.92 Å². The topological polar surface area (TPSA) is 58.6 Å². The van der Waals surface area contributed by atoms with Crippen LogP contribution in [-0.4, -0.2) is 35.9 Å². The Kier molecular flexibility index (Phi) is 9.85. The molecular formula is C32H32Cl2N2O3. The molecule has 1 atom stereocenters. The zero-order valence-electron chi connectivity index (χ0n) is 22.1. The molecule has 1 N–H and O–H groups in total. The molecule has 4 aromatic rings. The lowest BCUT2D eigenvalue weighted by atomic mass is 10.0. The van der Waals surface area contributed by atoms with E-state index in [1.807, 2.05) is 86.6 Å². The molecule has 0 aliphatic carbocycles. The SMILES string of the molecule is CC(C)CNC(=O)C(Cc1ccccc1)N(Cc1ccc(Cl)cc1Cl)C(=O)COc1cccc2ccccc12. The van der Waals surface area contributed by atoms with Gasteiger partial charge in [-0.25, -0.2) is 0 Å². The van der Waals surface area contributed by atoms with Crippen LogP contribution in [0.15, 0.2) is 91.0 Å². The van der Waals surface area contributed by atoms with Crippen LogP contribution in [0.1, 0.15) is 25.0 Å². The number of fused-ring (bicyclic) bond motifs is 1. The van der Waals surface area contributed by atoms with Gasteiger partial charge in [-0.1, -0.05) is 110 Å². The third-order valence-corrected chi connectivity index (χ3v) is 7.00. The third-order valence-electron chi connectivity index (χ3n) is 6.41. The number of nitrogens with one attached hydrogen (secondary N) is 1. The van der Waals surface area contributed by atoms with E-state index in [-0.39, 0.29) is 30.9 Å². The summed E-state index contributed by atoms with van der Waals surface area (Å²) in [4.78, 5) is 29.0. The van der Waals surface area contributed by atoms with Crippen molar-refractivity contribution in [3.8, 4) is 5.75 Å². The van der Waals surface area contributed by atoms with Crippen molar-refractivity contribution in [1.82, 2.24) is 10.2 Å². The predicted octanol–water partition coefficient (Wildman–Crippen LogP) is 6.94. The molecule has 0 aliphatic heterocycles. The highest BCUT2D eigenvalue weighted by molar-refractivity contribution is 6.35. The van der Waals surface area contributed by atoms with Gasteiger partial charge in [-0.05, 0) is 40.6 Å². The Morgan fingerprint density at radius 1 is 0.897 bits per heavy atom. The summed E-state index contributed by atoms with van der Waals surface area (Å²) in [5.74, 6) is 0.316. The number of hydrogen-bond acceptors (Lipinski definition) is 3. The summed E-state index contributed by atoms with van der Waals surface area (Å²) in [6.45, 7) is 4.45. The second-order valence-electron chi connectivity index (χ2n) is 9.87. The quantitative estimate of drug-likeness (QED) is 0.215. The number of ether oxygens (including phenoxy) is 1. The summed E-state index contributed by atoms with van der Waals surface area (Å²) in [6, 6.07) is 27.6. The van der Waals surface area contributed by atoms with Gasteiger partial charge in [0.05, 0.1) is 0 Å². The fourth-order valence-corrected chi connectivity index (χ4v) is 4.82. The van der Waals surface area contributed by atoms with Crippen LogP contribution in [0.4, 0.5) is 0 Å². The third kappa shape index (κ3) is 7.75. The first kappa shape index (κ1) is 28.5. The van der Waals surface area contributed by atoms with Crippen molar-refractivity contribution in [2.75, 3.05) is 13.2 Å². The molecule has 0 bridgehead atoms. The number of amides is 2. The molecule has 5 nitrogen and oxygen atoms in total. The van der Waals surface area contributed by atoms with Crippen molar-refractivity contribution >= 4 is 45.8 Å². The lowest BCUT2D eigenvalue weighted by Gasteiger charge is -2.32. The van der Waals surface area contributed by atoms with Gasteiger partial charge in [-0.15, -0.1) is 0 Å². The van der Waals surface area contributed by atoms with E-state index >= 15 is 0 Å². The fourth-order valence-electron chi connectivity index (χ4n) is 4.35. The molecule has 4 rings (SSSR count). The van der Waals surface area contributed by atoms with Crippen molar-refractivity contribution < 1.29 is 14.3 Å². The molecule has 0 spiro atoms. The van der Waals surface area contributed by atoms with Crippen LogP contribution in [-0.2, 0) is 22.6 Å². The van der Waals surface area contributed by atoms with Gasteiger partial charge >= 0.3 is 0 Å². The van der Waals surface area contributed by atoms with E-state index in [4.69, 9.17) is 27.9 Å². The van der Waals surface area contributed by atoms with Crippen LogP contribution in [0.3, 0.4) is 0 Å². The maximum Gasteiger partial charge on any atom is 0.261 e.